The first kappa shape index (κ1) is 16.1. The van der Waals surface area contributed by atoms with Gasteiger partial charge in [0.15, 0.2) is 0 Å². The lowest BCUT2D eigenvalue weighted by Gasteiger charge is -2.20. The number of hydrogen-bond donors (Lipinski definition) is 0. The monoisotopic (exact) mass is 300 g/mol. The molecule has 0 aromatic heterocycles. The molecule has 0 aliphatic rings. The van der Waals surface area contributed by atoms with E-state index in [-0.39, 0.29) is 5.41 Å². The lowest BCUT2D eigenvalue weighted by Crippen LogP contribution is -2.11. The van der Waals surface area contributed by atoms with E-state index >= 15 is 0 Å². The number of halogens is 1. The van der Waals surface area contributed by atoms with E-state index in [4.69, 9.17) is 11.6 Å². The molecular weight excluding hydrogens is 276 g/mol. The van der Waals surface area contributed by atoms with Crippen LogP contribution in [0.1, 0.15) is 56.7 Å². The maximum Gasteiger partial charge on any atom is 0.0406 e. The van der Waals surface area contributed by atoms with Gasteiger partial charge in [0.25, 0.3) is 0 Å². The van der Waals surface area contributed by atoms with Crippen LogP contribution in [0.3, 0.4) is 0 Å². The summed E-state index contributed by atoms with van der Waals surface area (Å²) in [4.78, 5) is 0. The fourth-order valence-corrected chi connectivity index (χ4v) is 2.78. The van der Waals surface area contributed by atoms with Crippen LogP contribution < -0.4 is 0 Å². The van der Waals surface area contributed by atoms with Crippen LogP contribution >= 0.6 is 11.6 Å². The molecule has 0 nitrogen and oxygen atoms in total. The summed E-state index contributed by atoms with van der Waals surface area (Å²) >= 11 is 5.98. The van der Waals surface area contributed by atoms with Gasteiger partial charge in [-0.05, 0) is 53.0 Å². The lowest BCUT2D eigenvalue weighted by atomic mass is 9.85. The Balaban J connectivity index is 2.13. The molecule has 0 N–H and O–H groups in total. The summed E-state index contributed by atoms with van der Waals surface area (Å²) in [5, 5.41) is 0.808. The minimum Gasteiger partial charge on any atom is -0.0843 e. The Hall–Kier alpha value is -1.27. The predicted molar refractivity (Wildman–Crippen MR) is 93.3 cm³/mol. The van der Waals surface area contributed by atoms with Gasteiger partial charge >= 0.3 is 0 Å². The third-order valence-corrected chi connectivity index (χ3v) is 4.39. The molecule has 1 heteroatoms. The number of benzene rings is 2. The smallest absolute Gasteiger partial charge is 0.0406 e. The van der Waals surface area contributed by atoms with E-state index in [1.807, 2.05) is 12.1 Å². The molecular formula is C20H25Cl. The van der Waals surface area contributed by atoms with Crippen molar-refractivity contribution in [2.24, 2.45) is 0 Å². The number of hydrogen-bond acceptors (Lipinski definition) is 0. The zero-order chi connectivity index (χ0) is 15.5. The van der Waals surface area contributed by atoms with Gasteiger partial charge in [0.2, 0.25) is 0 Å². The lowest BCUT2D eigenvalue weighted by molar-refractivity contribution is 0.589. The maximum absolute atomic E-state index is 5.98. The van der Waals surface area contributed by atoms with Crippen LogP contribution in [-0.2, 0) is 11.8 Å². The van der Waals surface area contributed by atoms with Crippen LogP contribution in [-0.4, -0.2) is 0 Å². The highest BCUT2D eigenvalue weighted by atomic mass is 35.5. The van der Waals surface area contributed by atoms with E-state index < -0.39 is 0 Å². The molecule has 21 heavy (non-hydrogen) atoms. The average Bonchev–Trinajstić information content (AvgIpc) is 2.45. The zero-order valence-electron chi connectivity index (χ0n) is 13.5. The second-order valence-corrected chi connectivity index (χ2v) is 7.24. The Kier molecular flexibility index (Phi) is 5.11. The van der Waals surface area contributed by atoms with E-state index in [1.165, 1.54) is 16.7 Å². The molecule has 2 rings (SSSR count). The van der Waals surface area contributed by atoms with Crippen molar-refractivity contribution in [2.75, 3.05) is 0 Å². The van der Waals surface area contributed by atoms with Gasteiger partial charge in [0, 0.05) is 5.02 Å². The summed E-state index contributed by atoms with van der Waals surface area (Å²) < 4.78 is 0. The molecule has 0 fully saturated rings. The van der Waals surface area contributed by atoms with Crippen LogP contribution in [0.5, 0.6) is 0 Å². The maximum atomic E-state index is 5.98. The van der Waals surface area contributed by atoms with Gasteiger partial charge < -0.3 is 0 Å². The number of rotatable bonds is 4. The molecule has 2 aromatic carbocycles. The van der Waals surface area contributed by atoms with E-state index in [0.717, 1.165) is 17.9 Å². The first-order valence-electron chi connectivity index (χ1n) is 7.75. The zero-order valence-corrected chi connectivity index (χ0v) is 14.2. The minimum atomic E-state index is 0.221. The summed E-state index contributed by atoms with van der Waals surface area (Å²) in [5.74, 6) is 0.558. The van der Waals surface area contributed by atoms with Crippen molar-refractivity contribution in [3.63, 3.8) is 0 Å². The molecule has 2 aromatic rings. The van der Waals surface area contributed by atoms with Gasteiger partial charge in [-0.3, -0.25) is 0 Å². The fourth-order valence-electron chi connectivity index (χ4n) is 2.66. The van der Waals surface area contributed by atoms with Gasteiger partial charge in [-0.15, -0.1) is 0 Å². The van der Waals surface area contributed by atoms with Crippen molar-refractivity contribution < 1.29 is 0 Å². The molecule has 0 saturated heterocycles. The van der Waals surface area contributed by atoms with Crippen LogP contribution in [0.25, 0.3) is 0 Å². The summed E-state index contributed by atoms with van der Waals surface area (Å²) in [6, 6.07) is 17.4. The van der Waals surface area contributed by atoms with Gasteiger partial charge in [-0.25, -0.2) is 0 Å². The Morgan fingerprint density at radius 2 is 1.48 bits per heavy atom. The summed E-state index contributed by atoms with van der Waals surface area (Å²) in [6.45, 7) is 9.02. The Bertz CT molecular complexity index is 558. The summed E-state index contributed by atoms with van der Waals surface area (Å²) in [5.41, 5.74) is 4.40. The van der Waals surface area contributed by atoms with Crippen molar-refractivity contribution in [1.29, 1.82) is 0 Å². The molecule has 0 saturated carbocycles. The molecule has 0 bridgehead atoms. The fraction of sp³-hybridized carbons (Fsp3) is 0.400. The highest BCUT2D eigenvalue weighted by Crippen LogP contribution is 2.27. The molecule has 1 unspecified atom stereocenters. The minimum absolute atomic E-state index is 0.221. The van der Waals surface area contributed by atoms with Crippen molar-refractivity contribution in [3.05, 3.63) is 70.2 Å². The Morgan fingerprint density at radius 3 is 1.95 bits per heavy atom. The Morgan fingerprint density at radius 1 is 0.905 bits per heavy atom. The largest absolute Gasteiger partial charge is 0.0843 e. The second kappa shape index (κ2) is 6.66. The molecule has 0 radical (unpaired) electrons. The topological polar surface area (TPSA) is 0 Å². The van der Waals surface area contributed by atoms with Gasteiger partial charge in [0.05, 0.1) is 0 Å². The average molecular weight is 301 g/mol. The first-order valence-corrected chi connectivity index (χ1v) is 8.13. The molecule has 0 spiro atoms. The van der Waals surface area contributed by atoms with Crippen molar-refractivity contribution >= 4 is 11.6 Å². The van der Waals surface area contributed by atoms with Crippen LogP contribution in [0.2, 0.25) is 5.02 Å². The summed E-state index contributed by atoms with van der Waals surface area (Å²) in [7, 11) is 0. The molecule has 0 aliphatic carbocycles. The van der Waals surface area contributed by atoms with E-state index in [0.29, 0.717) is 5.92 Å². The predicted octanol–water partition coefficient (Wildman–Crippen LogP) is 6.37. The standard InChI is InChI=1S/C20H25Cl/c1-5-16(17-8-12-19(21)13-9-17)14-15-6-10-18(11-7-15)20(2,3)4/h6-13,16H,5,14H2,1-4H3. The third-order valence-electron chi connectivity index (χ3n) is 4.14. The van der Waals surface area contributed by atoms with Gasteiger partial charge in [0.1, 0.15) is 0 Å². The van der Waals surface area contributed by atoms with Crippen LogP contribution in [0.4, 0.5) is 0 Å². The molecule has 0 aliphatic heterocycles. The SMILES string of the molecule is CCC(Cc1ccc(C(C)(C)C)cc1)c1ccc(Cl)cc1. The Labute approximate surface area is 134 Å². The first-order chi connectivity index (χ1) is 9.90. The van der Waals surface area contributed by atoms with Crippen LogP contribution in [0.15, 0.2) is 48.5 Å². The van der Waals surface area contributed by atoms with Crippen molar-refractivity contribution in [2.45, 2.75) is 51.9 Å². The molecule has 112 valence electrons. The second-order valence-electron chi connectivity index (χ2n) is 6.81. The van der Waals surface area contributed by atoms with E-state index in [2.05, 4.69) is 64.1 Å². The van der Waals surface area contributed by atoms with Crippen molar-refractivity contribution in [1.82, 2.24) is 0 Å². The van der Waals surface area contributed by atoms with Crippen molar-refractivity contribution in [3.8, 4) is 0 Å². The molecule has 0 amide bonds. The molecule has 0 heterocycles. The van der Waals surface area contributed by atoms with Gasteiger partial charge in [-0.1, -0.05) is 75.7 Å². The summed E-state index contributed by atoms with van der Waals surface area (Å²) in [6.07, 6.45) is 2.23. The van der Waals surface area contributed by atoms with E-state index in [9.17, 15) is 0 Å². The highest BCUT2D eigenvalue weighted by Gasteiger charge is 2.14. The van der Waals surface area contributed by atoms with E-state index in [1.54, 1.807) is 0 Å². The normalized spacial score (nSPS) is 13.2. The molecule has 1 atom stereocenters. The highest BCUT2D eigenvalue weighted by molar-refractivity contribution is 6.30. The quantitative estimate of drug-likeness (QED) is 0.615. The van der Waals surface area contributed by atoms with Gasteiger partial charge in [-0.2, -0.15) is 0 Å². The third kappa shape index (κ3) is 4.35. The van der Waals surface area contributed by atoms with Crippen LogP contribution in [0, 0.1) is 0 Å².